The highest BCUT2D eigenvalue weighted by atomic mass is 16.2. The van der Waals surface area contributed by atoms with Crippen LogP contribution in [0.25, 0.3) is 0 Å². The Morgan fingerprint density at radius 3 is 2.76 bits per heavy atom. The lowest BCUT2D eigenvalue weighted by atomic mass is 10.0. The maximum atomic E-state index is 12.7. The Balaban J connectivity index is 2.11. The van der Waals surface area contributed by atoms with Gasteiger partial charge in [-0.25, -0.2) is 0 Å². The minimum atomic E-state index is -0.417. The number of likely N-dealkylation sites (N-methyl/N-ethyl adjacent to an activating group) is 1. The van der Waals surface area contributed by atoms with Crippen molar-refractivity contribution in [2.75, 3.05) is 26.2 Å². The van der Waals surface area contributed by atoms with Gasteiger partial charge in [0.05, 0.1) is 12.5 Å². The second-order valence-electron chi connectivity index (χ2n) is 6.77. The summed E-state index contributed by atoms with van der Waals surface area (Å²) >= 11 is 0. The average molecular weight is 343 g/mol. The van der Waals surface area contributed by atoms with Crippen LogP contribution in [0.3, 0.4) is 0 Å². The van der Waals surface area contributed by atoms with Crippen LogP contribution in [-0.4, -0.2) is 53.8 Å². The number of aryl methyl sites for hydroxylation is 1. The molecule has 1 aromatic rings. The van der Waals surface area contributed by atoms with E-state index in [4.69, 9.17) is 0 Å². The third-order valence-corrected chi connectivity index (χ3v) is 4.64. The Labute approximate surface area is 150 Å². The van der Waals surface area contributed by atoms with Crippen LogP contribution in [0.4, 0.5) is 0 Å². The first-order chi connectivity index (χ1) is 11.9. The van der Waals surface area contributed by atoms with Crippen LogP contribution in [0.1, 0.15) is 31.4 Å². The van der Waals surface area contributed by atoms with Crippen LogP contribution >= 0.6 is 0 Å². The molecular formula is C20H29N3O2. The molecule has 5 heteroatoms. The van der Waals surface area contributed by atoms with E-state index in [1.54, 1.807) is 4.90 Å². The number of carbonyl (C=O) groups excluding carboxylic acids is 2. The summed E-state index contributed by atoms with van der Waals surface area (Å²) in [6.07, 6.45) is 0.207. The van der Waals surface area contributed by atoms with Crippen LogP contribution in [0.15, 0.2) is 36.4 Å². The number of nitrogens with zero attached hydrogens (tertiary/aromatic N) is 2. The highest BCUT2D eigenvalue weighted by Gasteiger charge is 2.32. The molecular weight excluding hydrogens is 314 g/mol. The zero-order valence-corrected chi connectivity index (χ0v) is 15.5. The summed E-state index contributed by atoms with van der Waals surface area (Å²) in [6, 6.07) is 7.77. The summed E-state index contributed by atoms with van der Waals surface area (Å²) in [6.45, 7) is 13.0. The SMILES string of the molecule is C=C(C)CN(CC)C(=O)CC1C(=O)NCCN1Cc1ccccc1C. The van der Waals surface area contributed by atoms with Crippen molar-refractivity contribution in [2.24, 2.45) is 0 Å². The predicted octanol–water partition coefficient (Wildman–Crippen LogP) is 2.11. The molecule has 0 radical (unpaired) electrons. The molecule has 136 valence electrons. The standard InChI is InChI=1S/C20H29N3O2/c1-5-22(13-15(2)3)19(24)12-18-20(25)21-10-11-23(18)14-17-9-7-6-8-16(17)4/h6-9,18H,2,5,10-14H2,1,3-4H3,(H,21,25). The molecule has 1 aliphatic rings. The van der Waals surface area contributed by atoms with Crippen molar-refractivity contribution in [1.29, 1.82) is 0 Å². The monoisotopic (exact) mass is 343 g/mol. The van der Waals surface area contributed by atoms with E-state index in [-0.39, 0.29) is 18.2 Å². The van der Waals surface area contributed by atoms with E-state index < -0.39 is 6.04 Å². The van der Waals surface area contributed by atoms with Gasteiger partial charge in [-0.15, -0.1) is 0 Å². The summed E-state index contributed by atoms with van der Waals surface area (Å²) in [5.74, 6) is -0.0538. The van der Waals surface area contributed by atoms with Crippen molar-refractivity contribution in [1.82, 2.24) is 15.1 Å². The highest BCUT2D eigenvalue weighted by molar-refractivity contribution is 5.89. The highest BCUT2D eigenvalue weighted by Crippen LogP contribution is 2.17. The van der Waals surface area contributed by atoms with Gasteiger partial charge in [0.1, 0.15) is 0 Å². The average Bonchev–Trinajstić information content (AvgIpc) is 2.57. The second kappa shape index (κ2) is 8.81. The van der Waals surface area contributed by atoms with E-state index in [1.165, 1.54) is 11.1 Å². The van der Waals surface area contributed by atoms with Crippen LogP contribution < -0.4 is 5.32 Å². The zero-order chi connectivity index (χ0) is 18.4. The first kappa shape index (κ1) is 19.2. The van der Waals surface area contributed by atoms with E-state index in [0.29, 0.717) is 26.2 Å². The predicted molar refractivity (Wildman–Crippen MR) is 100 cm³/mol. The molecule has 2 rings (SSSR count). The smallest absolute Gasteiger partial charge is 0.237 e. The van der Waals surface area contributed by atoms with E-state index in [0.717, 1.165) is 12.1 Å². The van der Waals surface area contributed by atoms with Crippen LogP contribution in [0.2, 0.25) is 0 Å². The van der Waals surface area contributed by atoms with Gasteiger partial charge in [-0.05, 0) is 31.9 Å². The molecule has 1 unspecified atom stereocenters. The number of carbonyl (C=O) groups is 2. The van der Waals surface area contributed by atoms with Crippen molar-refractivity contribution in [3.05, 3.63) is 47.5 Å². The summed E-state index contributed by atoms with van der Waals surface area (Å²) in [7, 11) is 0. The van der Waals surface area contributed by atoms with Crippen molar-refractivity contribution >= 4 is 11.8 Å². The molecule has 1 saturated heterocycles. The van der Waals surface area contributed by atoms with Gasteiger partial charge in [0.15, 0.2) is 0 Å². The molecule has 0 aliphatic carbocycles. The molecule has 1 aliphatic heterocycles. The van der Waals surface area contributed by atoms with E-state index in [2.05, 4.69) is 35.9 Å². The van der Waals surface area contributed by atoms with Gasteiger partial charge in [0, 0.05) is 32.7 Å². The van der Waals surface area contributed by atoms with Gasteiger partial charge < -0.3 is 10.2 Å². The fourth-order valence-corrected chi connectivity index (χ4v) is 3.18. The summed E-state index contributed by atoms with van der Waals surface area (Å²) in [5.41, 5.74) is 3.35. The first-order valence-corrected chi connectivity index (χ1v) is 8.90. The topological polar surface area (TPSA) is 52.7 Å². The van der Waals surface area contributed by atoms with Crippen molar-refractivity contribution in [3.63, 3.8) is 0 Å². The lowest BCUT2D eigenvalue weighted by Gasteiger charge is -2.36. The van der Waals surface area contributed by atoms with E-state index in [9.17, 15) is 9.59 Å². The van der Waals surface area contributed by atoms with Gasteiger partial charge >= 0.3 is 0 Å². The summed E-state index contributed by atoms with van der Waals surface area (Å²) < 4.78 is 0. The van der Waals surface area contributed by atoms with Gasteiger partial charge in [-0.2, -0.15) is 0 Å². The molecule has 0 spiro atoms. The fourth-order valence-electron chi connectivity index (χ4n) is 3.18. The van der Waals surface area contributed by atoms with E-state index in [1.807, 2.05) is 26.0 Å². The van der Waals surface area contributed by atoms with Gasteiger partial charge in [-0.1, -0.05) is 36.4 Å². The number of piperazine rings is 1. The lowest BCUT2D eigenvalue weighted by molar-refractivity contribution is -0.138. The number of nitrogens with one attached hydrogen (secondary N) is 1. The summed E-state index contributed by atoms with van der Waals surface area (Å²) in [4.78, 5) is 29.0. The molecule has 0 bridgehead atoms. The van der Waals surface area contributed by atoms with E-state index >= 15 is 0 Å². The van der Waals surface area contributed by atoms with Gasteiger partial charge in [0.25, 0.3) is 0 Å². The number of rotatable bonds is 7. The minimum Gasteiger partial charge on any atom is -0.353 e. The molecule has 0 aromatic heterocycles. The Kier molecular flexibility index (Phi) is 6.76. The fraction of sp³-hybridized carbons (Fsp3) is 0.500. The minimum absolute atomic E-state index is 0.00216. The largest absolute Gasteiger partial charge is 0.353 e. The second-order valence-corrected chi connectivity index (χ2v) is 6.77. The molecule has 5 nitrogen and oxygen atoms in total. The molecule has 1 atom stereocenters. The molecule has 2 amide bonds. The molecule has 1 N–H and O–H groups in total. The summed E-state index contributed by atoms with van der Waals surface area (Å²) in [5, 5.41) is 2.90. The molecule has 25 heavy (non-hydrogen) atoms. The zero-order valence-electron chi connectivity index (χ0n) is 15.5. The number of hydrogen-bond acceptors (Lipinski definition) is 3. The van der Waals surface area contributed by atoms with Crippen molar-refractivity contribution < 1.29 is 9.59 Å². The Bertz CT molecular complexity index is 642. The third-order valence-electron chi connectivity index (χ3n) is 4.64. The molecule has 1 fully saturated rings. The number of amides is 2. The van der Waals surface area contributed by atoms with Crippen molar-refractivity contribution in [2.45, 2.75) is 39.8 Å². The normalized spacial score (nSPS) is 17.9. The molecule has 1 aromatic carbocycles. The van der Waals surface area contributed by atoms with Crippen LogP contribution in [0.5, 0.6) is 0 Å². The molecule has 1 heterocycles. The van der Waals surface area contributed by atoms with Gasteiger partial charge in [-0.3, -0.25) is 14.5 Å². The first-order valence-electron chi connectivity index (χ1n) is 8.90. The Hall–Kier alpha value is -2.14. The third kappa shape index (κ3) is 5.16. The number of benzene rings is 1. The molecule has 0 saturated carbocycles. The Morgan fingerprint density at radius 1 is 1.40 bits per heavy atom. The Morgan fingerprint density at radius 2 is 2.12 bits per heavy atom. The maximum absolute atomic E-state index is 12.7. The lowest BCUT2D eigenvalue weighted by Crippen LogP contribution is -2.56. The van der Waals surface area contributed by atoms with Gasteiger partial charge in [0.2, 0.25) is 11.8 Å². The number of hydrogen-bond donors (Lipinski definition) is 1. The maximum Gasteiger partial charge on any atom is 0.237 e. The van der Waals surface area contributed by atoms with Crippen LogP contribution in [-0.2, 0) is 16.1 Å². The van der Waals surface area contributed by atoms with Crippen molar-refractivity contribution in [3.8, 4) is 0 Å². The van der Waals surface area contributed by atoms with Crippen LogP contribution in [0, 0.1) is 6.92 Å². The quantitative estimate of drug-likeness (QED) is 0.772.